The Kier molecular flexibility index (Phi) is 2.94. The first-order chi connectivity index (χ1) is 9.18. The number of benzene rings is 1. The van der Waals surface area contributed by atoms with Gasteiger partial charge in [0.05, 0.1) is 11.4 Å². The van der Waals surface area contributed by atoms with Gasteiger partial charge in [0.1, 0.15) is 17.9 Å². The van der Waals surface area contributed by atoms with Crippen LogP contribution >= 0.6 is 11.8 Å². The van der Waals surface area contributed by atoms with Crippen molar-refractivity contribution in [2.45, 2.75) is 6.04 Å². The Balaban J connectivity index is 1.98. The molecular formula is C13H11NO4S. The van der Waals surface area contributed by atoms with Gasteiger partial charge in [0, 0.05) is 11.1 Å². The van der Waals surface area contributed by atoms with Gasteiger partial charge in [-0.2, -0.15) is 0 Å². The molecule has 1 aromatic heterocycles. The summed E-state index contributed by atoms with van der Waals surface area (Å²) in [4.78, 5) is 24.9. The number of hydrogen-bond acceptors (Lipinski definition) is 4. The van der Waals surface area contributed by atoms with Crippen molar-refractivity contribution in [1.82, 2.24) is 4.90 Å². The lowest BCUT2D eigenvalue weighted by atomic mass is 10.1. The van der Waals surface area contributed by atoms with Crippen LogP contribution in [0.3, 0.4) is 0 Å². The molecule has 19 heavy (non-hydrogen) atoms. The highest BCUT2D eigenvalue weighted by molar-refractivity contribution is 7.99. The second-order valence-electron chi connectivity index (χ2n) is 4.27. The van der Waals surface area contributed by atoms with Gasteiger partial charge in [-0.05, 0) is 6.07 Å². The number of furan rings is 1. The van der Waals surface area contributed by atoms with Crippen molar-refractivity contribution in [1.29, 1.82) is 0 Å². The summed E-state index contributed by atoms with van der Waals surface area (Å²) in [6.07, 6.45) is 1.40. The molecule has 2 aromatic rings. The molecule has 0 bridgehead atoms. The van der Waals surface area contributed by atoms with Crippen molar-refractivity contribution < 1.29 is 19.1 Å². The van der Waals surface area contributed by atoms with Crippen molar-refractivity contribution in [2.75, 3.05) is 11.6 Å². The Morgan fingerprint density at radius 1 is 1.37 bits per heavy atom. The van der Waals surface area contributed by atoms with Gasteiger partial charge < -0.3 is 14.4 Å². The zero-order valence-corrected chi connectivity index (χ0v) is 10.7. The molecule has 98 valence electrons. The monoisotopic (exact) mass is 277 g/mol. The van der Waals surface area contributed by atoms with Crippen molar-refractivity contribution in [3.63, 3.8) is 0 Å². The number of amides is 1. The number of nitrogens with zero attached hydrogens (tertiary/aromatic N) is 1. The summed E-state index contributed by atoms with van der Waals surface area (Å²) >= 11 is 1.44. The lowest BCUT2D eigenvalue weighted by Gasteiger charge is -2.19. The number of hydrogen-bond donors (Lipinski definition) is 1. The van der Waals surface area contributed by atoms with E-state index in [4.69, 9.17) is 9.52 Å². The van der Waals surface area contributed by atoms with Crippen LogP contribution in [0.4, 0.5) is 0 Å². The quantitative estimate of drug-likeness (QED) is 0.909. The minimum absolute atomic E-state index is 0.289. The van der Waals surface area contributed by atoms with E-state index in [-0.39, 0.29) is 5.91 Å². The van der Waals surface area contributed by atoms with Crippen LogP contribution in [0.15, 0.2) is 34.9 Å². The molecule has 0 aliphatic carbocycles. The van der Waals surface area contributed by atoms with Crippen LogP contribution < -0.4 is 0 Å². The normalized spacial score (nSPS) is 18.9. The van der Waals surface area contributed by atoms with Crippen LogP contribution in [0.2, 0.25) is 0 Å². The number of carbonyl (C=O) groups excluding carboxylic acids is 1. The SMILES string of the molecule is O=C(O)C1CSCN1C(=O)c1coc2ccccc12. The van der Waals surface area contributed by atoms with Gasteiger partial charge in [-0.1, -0.05) is 18.2 Å². The molecule has 1 amide bonds. The largest absolute Gasteiger partial charge is 0.480 e. The molecule has 0 spiro atoms. The number of carboxylic acids is 1. The van der Waals surface area contributed by atoms with Crippen molar-refractivity contribution in [3.8, 4) is 0 Å². The molecule has 1 aliphatic rings. The minimum atomic E-state index is -0.967. The van der Waals surface area contributed by atoms with Crippen LogP contribution in [0.1, 0.15) is 10.4 Å². The molecule has 0 radical (unpaired) electrons. The molecule has 3 rings (SSSR count). The number of fused-ring (bicyclic) bond motifs is 1. The molecule has 1 aliphatic heterocycles. The highest BCUT2D eigenvalue weighted by atomic mass is 32.2. The molecule has 2 heterocycles. The first-order valence-electron chi connectivity index (χ1n) is 5.76. The van der Waals surface area contributed by atoms with Crippen LogP contribution in [0, 0.1) is 0 Å². The number of thioether (sulfide) groups is 1. The van der Waals surface area contributed by atoms with Gasteiger partial charge in [-0.15, -0.1) is 11.8 Å². The van der Waals surface area contributed by atoms with Crippen molar-refractivity contribution >= 4 is 34.6 Å². The topological polar surface area (TPSA) is 70.8 Å². The Bertz CT molecular complexity index is 651. The second-order valence-corrected chi connectivity index (χ2v) is 5.27. The van der Waals surface area contributed by atoms with Gasteiger partial charge in [-0.3, -0.25) is 4.79 Å². The standard InChI is InChI=1S/C13H11NO4S/c15-12(14-7-19-6-10(14)13(16)17)9-5-18-11-4-2-1-3-8(9)11/h1-5,10H,6-7H2,(H,16,17). The molecule has 5 nitrogen and oxygen atoms in total. The van der Waals surface area contributed by atoms with Gasteiger partial charge >= 0.3 is 5.97 Å². The van der Waals surface area contributed by atoms with Gasteiger partial charge in [-0.25, -0.2) is 4.79 Å². The van der Waals surface area contributed by atoms with E-state index in [0.29, 0.717) is 28.2 Å². The maximum Gasteiger partial charge on any atom is 0.327 e. The number of aliphatic carboxylic acids is 1. The summed E-state index contributed by atoms with van der Waals surface area (Å²) in [6.45, 7) is 0. The first kappa shape index (κ1) is 12.1. The highest BCUT2D eigenvalue weighted by Crippen LogP contribution is 2.27. The highest BCUT2D eigenvalue weighted by Gasteiger charge is 2.36. The lowest BCUT2D eigenvalue weighted by Crippen LogP contribution is -2.41. The fraction of sp³-hybridized carbons (Fsp3) is 0.231. The van der Waals surface area contributed by atoms with E-state index in [1.165, 1.54) is 22.9 Å². The summed E-state index contributed by atoms with van der Waals surface area (Å²) in [7, 11) is 0. The van der Waals surface area contributed by atoms with Crippen LogP contribution in [-0.2, 0) is 4.79 Å². The third-order valence-corrected chi connectivity index (χ3v) is 4.15. The van der Waals surface area contributed by atoms with Gasteiger partial charge in [0.15, 0.2) is 0 Å². The number of rotatable bonds is 2. The predicted octanol–water partition coefficient (Wildman–Crippen LogP) is 2.03. The number of carbonyl (C=O) groups is 2. The zero-order valence-electron chi connectivity index (χ0n) is 9.91. The average Bonchev–Trinajstić information content (AvgIpc) is 3.05. The molecule has 0 saturated carbocycles. The van der Waals surface area contributed by atoms with Crippen molar-refractivity contribution in [2.24, 2.45) is 0 Å². The fourth-order valence-electron chi connectivity index (χ4n) is 2.15. The van der Waals surface area contributed by atoms with Crippen LogP contribution in [0.5, 0.6) is 0 Å². The molecule has 1 unspecified atom stereocenters. The van der Waals surface area contributed by atoms with E-state index in [9.17, 15) is 9.59 Å². The zero-order chi connectivity index (χ0) is 13.4. The second kappa shape index (κ2) is 4.62. The maximum atomic E-state index is 12.4. The summed E-state index contributed by atoms with van der Waals surface area (Å²) in [5.41, 5.74) is 1.05. The molecule has 1 saturated heterocycles. The molecular weight excluding hydrogens is 266 g/mol. The molecule has 1 atom stereocenters. The Labute approximate surface area is 113 Å². The maximum absolute atomic E-state index is 12.4. The summed E-state index contributed by atoms with van der Waals surface area (Å²) in [5.74, 6) is -0.430. The van der Waals surface area contributed by atoms with E-state index in [0.717, 1.165) is 0 Å². The Morgan fingerprint density at radius 2 is 2.16 bits per heavy atom. The number of carboxylic acid groups (broad SMARTS) is 1. The van der Waals surface area contributed by atoms with Crippen LogP contribution in [0.25, 0.3) is 11.0 Å². The fourth-order valence-corrected chi connectivity index (χ4v) is 3.29. The Morgan fingerprint density at radius 3 is 2.95 bits per heavy atom. The molecule has 1 aromatic carbocycles. The number of para-hydroxylation sites is 1. The van der Waals surface area contributed by atoms with E-state index in [1.54, 1.807) is 12.1 Å². The summed E-state index contributed by atoms with van der Waals surface area (Å²) in [6, 6.07) is 6.46. The average molecular weight is 277 g/mol. The first-order valence-corrected chi connectivity index (χ1v) is 6.91. The lowest BCUT2D eigenvalue weighted by molar-refractivity contribution is -0.140. The predicted molar refractivity (Wildman–Crippen MR) is 71.1 cm³/mol. The Hall–Kier alpha value is -1.95. The van der Waals surface area contributed by atoms with Crippen molar-refractivity contribution in [3.05, 3.63) is 36.1 Å². The third kappa shape index (κ3) is 1.98. The summed E-state index contributed by atoms with van der Waals surface area (Å²) in [5, 5.41) is 9.83. The van der Waals surface area contributed by atoms with E-state index < -0.39 is 12.0 Å². The van der Waals surface area contributed by atoms with E-state index >= 15 is 0 Å². The van der Waals surface area contributed by atoms with E-state index in [1.807, 2.05) is 12.1 Å². The molecule has 1 N–H and O–H groups in total. The summed E-state index contributed by atoms with van der Waals surface area (Å²) < 4.78 is 5.32. The minimum Gasteiger partial charge on any atom is -0.480 e. The third-order valence-electron chi connectivity index (χ3n) is 3.14. The molecule has 1 fully saturated rings. The molecule has 6 heteroatoms. The van der Waals surface area contributed by atoms with Gasteiger partial charge in [0.2, 0.25) is 0 Å². The van der Waals surface area contributed by atoms with Gasteiger partial charge in [0.25, 0.3) is 5.91 Å². The van der Waals surface area contributed by atoms with E-state index in [2.05, 4.69) is 0 Å². The van der Waals surface area contributed by atoms with Crippen LogP contribution in [-0.4, -0.2) is 39.6 Å². The smallest absolute Gasteiger partial charge is 0.327 e.